The zero-order valence-electron chi connectivity index (χ0n) is 17.9. The zero-order valence-corrected chi connectivity index (χ0v) is 20.2. The Kier molecular flexibility index (Phi) is 9.36. The fraction of sp³-hybridized carbons (Fsp3) is 0.120. The summed E-state index contributed by atoms with van der Waals surface area (Å²) in [5, 5.41) is 10.9. The standard InChI is InChI=1S/C18H15Cl3N2O.C7H7NO2/c19-14-3-1-13(2-4-14)11-24-18(10-23-8-7-22-12-23)16-6-5-15(20)9-17(16)21;8-7(10)5-3-1-2-4-6(5)9/h1-9,12,18H,10-11H2;1-4,9H,(H2,8,10). The van der Waals surface area contributed by atoms with Gasteiger partial charge in [-0.05, 0) is 42.0 Å². The molecule has 1 heterocycles. The second-order valence-electron chi connectivity index (χ2n) is 7.23. The molecule has 0 bridgehead atoms. The van der Waals surface area contributed by atoms with Crippen LogP contribution in [0.5, 0.6) is 5.75 Å². The van der Waals surface area contributed by atoms with E-state index < -0.39 is 5.91 Å². The van der Waals surface area contributed by atoms with Gasteiger partial charge in [-0.2, -0.15) is 0 Å². The molecular formula is C25H22Cl3N3O3. The van der Waals surface area contributed by atoms with Crippen molar-refractivity contribution in [2.75, 3.05) is 0 Å². The van der Waals surface area contributed by atoms with Gasteiger partial charge < -0.3 is 20.1 Å². The highest BCUT2D eigenvalue weighted by Gasteiger charge is 2.17. The van der Waals surface area contributed by atoms with Crippen LogP contribution >= 0.6 is 34.8 Å². The van der Waals surface area contributed by atoms with Crippen LogP contribution in [0.4, 0.5) is 0 Å². The molecule has 176 valence electrons. The number of para-hydroxylation sites is 1. The lowest BCUT2D eigenvalue weighted by Gasteiger charge is -2.20. The number of imidazole rings is 1. The minimum absolute atomic E-state index is 0.0741. The van der Waals surface area contributed by atoms with Crippen molar-refractivity contribution in [1.82, 2.24) is 9.55 Å². The Morgan fingerprint density at radius 3 is 2.32 bits per heavy atom. The number of benzene rings is 3. The monoisotopic (exact) mass is 517 g/mol. The molecule has 6 nitrogen and oxygen atoms in total. The summed E-state index contributed by atoms with van der Waals surface area (Å²) in [6.07, 6.45) is 5.16. The van der Waals surface area contributed by atoms with E-state index in [2.05, 4.69) is 4.98 Å². The Morgan fingerprint density at radius 1 is 1.03 bits per heavy atom. The summed E-state index contributed by atoms with van der Waals surface area (Å²) in [7, 11) is 0. The second-order valence-corrected chi connectivity index (χ2v) is 8.51. The number of phenols is 1. The van der Waals surface area contributed by atoms with Gasteiger partial charge in [0.1, 0.15) is 11.9 Å². The molecule has 1 unspecified atom stereocenters. The first-order chi connectivity index (χ1) is 16.3. The average molecular weight is 519 g/mol. The molecule has 1 amide bonds. The predicted molar refractivity (Wildman–Crippen MR) is 134 cm³/mol. The smallest absolute Gasteiger partial charge is 0.252 e. The quantitative estimate of drug-likeness (QED) is 0.301. The molecule has 0 spiro atoms. The molecule has 3 aromatic carbocycles. The zero-order chi connectivity index (χ0) is 24.5. The topological polar surface area (TPSA) is 90.4 Å². The van der Waals surface area contributed by atoms with Crippen molar-refractivity contribution in [1.29, 1.82) is 0 Å². The maximum Gasteiger partial charge on any atom is 0.252 e. The Labute approximate surface area is 212 Å². The van der Waals surface area contributed by atoms with Gasteiger partial charge in [0.25, 0.3) is 5.91 Å². The molecule has 0 radical (unpaired) electrons. The van der Waals surface area contributed by atoms with E-state index >= 15 is 0 Å². The number of nitrogens with zero attached hydrogens (tertiary/aromatic N) is 2. The van der Waals surface area contributed by atoms with Gasteiger partial charge in [-0.3, -0.25) is 4.79 Å². The van der Waals surface area contributed by atoms with Crippen molar-refractivity contribution >= 4 is 40.7 Å². The third kappa shape index (κ3) is 7.50. The molecule has 3 N–H and O–H groups in total. The summed E-state index contributed by atoms with van der Waals surface area (Å²) < 4.78 is 8.08. The van der Waals surface area contributed by atoms with Crippen LogP contribution < -0.4 is 5.73 Å². The van der Waals surface area contributed by atoms with E-state index in [4.69, 9.17) is 50.4 Å². The molecule has 0 saturated heterocycles. The minimum atomic E-state index is -0.613. The number of aromatic hydroxyl groups is 1. The first-order valence-electron chi connectivity index (χ1n) is 10.2. The predicted octanol–water partition coefficient (Wildman–Crippen LogP) is 6.29. The molecule has 9 heteroatoms. The molecule has 0 aliphatic rings. The largest absolute Gasteiger partial charge is 0.507 e. The van der Waals surface area contributed by atoms with E-state index in [-0.39, 0.29) is 17.4 Å². The van der Waals surface area contributed by atoms with Gasteiger partial charge in [0.15, 0.2) is 0 Å². The van der Waals surface area contributed by atoms with Gasteiger partial charge in [-0.25, -0.2) is 4.98 Å². The number of aromatic nitrogens is 2. The molecular weight excluding hydrogens is 497 g/mol. The van der Waals surface area contributed by atoms with Crippen molar-refractivity contribution in [2.45, 2.75) is 19.3 Å². The van der Waals surface area contributed by atoms with E-state index in [1.165, 1.54) is 12.1 Å². The van der Waals surface area contributed by atoms with Gasteiger partial charge in [0, 0.05) is 33.0 Å². The maximum atomic E-state index is 10.5. The number of rotatable bonds is 7. The molecule has 4 rings (SSSR count). The fourth-order valence-corrected chi connectivity index (χ4v) is 3.71. The van der Waals surface area contributed by atoms with Gasteiger partial charge in [0.2, 0.25) is 0 Å². The van der Waals surface area contributed by atoms with E-state index in [0.29, 0.717) is 28.2 Å². The number of ether oxygens (including phenoxy) is 1. The Balaban J connectivity index is 0.000000271. The fourth-order valence-electron chi connectivity index (χ4n) is 3.05. The minimum Gasteiger partial charge on any atom is -0.507 e. The van der Waals surface area contributed by atoms with Crippen LogP contribution in [-0.2, 0) is 17.9 Å². The lowest BCUT2D eigenvalue weighted by molar-refractivity contribution is 0.0280. The molecule has 0 aliphatic heterocycles. The van der Waals surface area contributed by atoms with Crippen LogP contribution in [0.2, 0.25) is 15.1 Å². The van der Waals surface area contributed by atoms with Crippen molar-refractivity contribution in [3.05, 3.63) is 117 Å². The Bertz CT molecular complexity index is 1220. The molecule has 1 aromatic heterocycles. The number of carbonyl (C=O) groups excluding carboxylic acids is 1. The molecule has 34 heavy (non-hydrogen) atoms. The van der Waals surface area contributed by atoms with Crippen LogP contribution in [0.3, 0.4) is 0 Å². The highest BCUT2D eigenvalue weighted by atomic mass is 35.5. The van der Waals surface area contributed by atoms with E-state index in [1.54, 1.807) is 30.7 Å². The maximum absolute atomic E-state index is 10.5. The molecule has 1 atom stereocenters. The third-order valence-electron chi connectivity index (χ3n) is 4.78. The summed E-state index contributed by atoms with van der Waals surface area (Å²) in [6.45, 7) is 1.06. The normalized spacial score (nSPS) is 11.4. The summed E-state index contributed by atoms with van der Waals surface area (Å²) >= 11 is 18.3. The highest BCUT2D eigenvalue weighted by molar-refractivity contribution is 6.35. The summed E-state index contributed by atoms with van der Waals surface area (Å²) in [5.41, 5.74) is 7.00. The Morgan fingerprint density at radius 2 is 1.74 bits per heavy atom. The highest BCUT2D eigenvalue weighted by Crippen LogP contribution is 2.30. The van der Waals surface area contributed by atoms with Crippen LogP contribution in [0.15, 0.2) is 85.5 Å². The van der Waals surface area contributed by atoms with Crippen LogP contribution in [0.1, 0.15) is 27.6 Å². The van der Waals surface area contributed by atoms with E-state index in [1.807, 2.05) is 47.2 Å². The lowest BCUT2D eigenvalue weighted by Crippen LogP contribution is -2.12. The van der Waals surface area contributed by atoms with Crippen molar-refractivity contribution in [2.24, 2.45) is 5.73 Å². The molecule has 4 aromatic rings. The number of primary amides is 1. The van der Waals surface area contributed by atoms with E-state index in [0.717, 1.165) is 11.1 Å². The SMILES string of the molecule is Clc1ccc(COC(Cn2ccnc2)c2ccc(Cl)cc2Cl)cc1.NC(=O)c1ccccc1O. The molecule has 0 aliphatic carbocycles. The van der Waals surface area contributed by atoms with Crippen LogP contribution in [0, 0.1) is 0 Å². The van der Waals surface area contributed by atoms with Crippen molar-refractivity contribution < 1.29 is 14.6 Å². The van der Waals surface area contributed by atoms with Gasteiger partial charge in [0.05, 0.1) is 25.0 Å². The summed E-state index contributed by atoms with van der Waals surface area (Å²) in [4.78, 5) is 14.6. The molecule has 0 saturated carbocycles. The average Bonchev–Trinajstić information content (AvgIpc) is 3.32. The third-order valence-corrected chi connectivity index (χ3v) is 5.59. The van der Waals surface area contributed by atoms with Gasteiger partial charge in [-0.1, -0.05) is 65.1 Å². The number of nitrogens with two attached hydrogens (primary N) is 1. The first-order valence-corrected chi connectivity index (χ1v) is 11.3. The van der Waals surface area contributed by atoms with Crippen molar-refractivity contribution in [3.8, 4) is 5.75 Å². The first kappa shape index (κ1) is 25.6. The van der Waals surface area contributed by atoms with Crippen LogP contribution in [-0.4, -0.2) is 20.6 Å². The number of hydrogen-bond acceptors (Lipinski definition) is 4. The number of amides is 1. The van der Waals surface area contributed by atoms with Crippen molar-refractivity contribution in [3.63, 3.8) is 0 Å². The second kappa shape index (κ2) is 12.4. The number of halogens is 3. The van der Waals surface area contributed by atoms with Crippen LogP contribution in [0.25, 0.3) is 0 Å². The molecule has 0 fully saturated rings. The van der Waals surface area contributed by atoms with Gasteiger partial charge >= 0.3 is 0 Å². The number of carbonyl (C=O) groups is 1. The lowest BCUT2D eigenvalue weighted by atomic mass is 10.1. The summed E-state index contributed by atoms with van der Waals surface area (Å²) in [6, 6.07) is 19.2. The van der Waals surface area contributed by atoms with E-state index in [9.17, 15) is 4.79 Å². The number of hydrogen-bond donors (Lipinski definition) is 2. The Hall–Kier alpha value is -3.03. The summed E-state index contributed by atoms with van der Waals surface area (Å²) in [5.74, 6) is -0.687. The van der Waals surface area contributed by atoms with Gasteiger partial charge in [-0.15, -0.1) is 0 Å².